The number of hydrogen-bond donors (Lipinski definition) is 1. The average molecular weight is 558 g/mol. The average Bonchev–Trinajstić information content (AvgIpc) is 3.22. The van der Waals surface area contributed by atoms with Gasteiger partial charge in [0.2, 0.25) is 0 Å². The Hall–Kier alpha value is -4.40. The van der Waals surface area contributed by atoms with Crippen molar-refractivity contribution < 1.29 is 19.1 Å². The highest BCUT2D eigenvalue weighted by Crippen LogP contribution is 2.31. The summed E-state index contributed by atoms with van der Waals surface area (Å²) >= 11 is 0. The zero-order valence-electron chi connectivity index (χ0n) is 24.9. The quantitative estimate of drug-likeness (QED) is 0.182. The molecule has 0 saturated carbocycles. The van der Waals surface area contributed by atoms with Gasteiger partial charge in [-0.3, -0.25) is 0 Å². The van der Waals surface area contributed by atoms with Crippen LogP contribution in [0.1, 0.15) is 57.6 Å². The fourth-order valence-electron chi connectivity index (χ4n) is 4.37. The molecule has 0 unspecified atom stereocenters. The van der Waals surface area contributed by atoms with E-state index in [0.717, 1.165) is 53.0 Å². The third-order valence-electron chi connectivity index (χ3n) is 6.49. The Balaban J connectivity index is 1.64. The molecule has 2 aromatic heterocycles. The van der Waals surface area contributed by atoms with E-state index >= 15 is 0 Å². The molecule has 2 aromatic carbocycles. The SMILES string of the molecule is CCCCc1nc2nc(C)c(NC(=O)N(C)C)cc2n1Cc1ccc(-c2ccccc2OC(=O)OC(C)(C)C)cc1. The largest absolute Gasteiger partial charge is 0.514 e. The Morgan fingerprint density at radius 1 is 1.02 bits per heavy atom. The summed E-state index contributed by atoms with van der Waals surface area (Å²) in [6, 6.07) is 17.3. The first-order valence-electron chi connectivity index (χ1n) is 13.9. The van der Waals surface area contributed by atoms with E-state index in [2.05, 4.69) is 28.9 Å². The van der Waals surface area contributed by atoms with Crippen LogP contribution < -0.4 is 10.1 Å². The summed E-state index contributed by atoms with van der Waals surface area (Å²) in [5.74, 6) is 1.40. The van der Waals surface area contributed by atoms with Crippen LogP contribution in [-0.4, -0.2) is 51.3 Å². The first-order valence-corrected chi connectivity index (χ1v) is 13.9. The predicted molar refractivity (Wildman–Crippen MR) is 161 cm³/mol. The number of aryl methyl sites for hydroxylation is 2. The van der Waals surface area contributed by atoms with Crippen molar-refractivity contribution in [2.45, 2.75) is 66.0 Å². The van der Waals surface area contributed by atoms with Gasteiger partial charge in [0.15, 0.2) is 5.65 Å². The van der Waals surface area contributed by atoms with Gasteiger partial charge in [0.25, 0.3) is 0 Å². The van der Waals surface area contributed by atoms with Gasteiger partial charge in [-0.05, 0) is 57.4 Å². The number of carbonyl (C=O) groups is 2. The number of pyridine rings is 1. The Kier molecular flexibility index (Phi) is 8.95. The second kappa shape index (κ2) is 12.4. The van der Waals surface area contributed by atoms with Gasteiger partial charge >= 0.3 is 12.2 Å². The number of carbonyl (C=O) groups excluding carboxylic acids is 2. The van der Waals surface area contributed by atoms with Crippen LogP contribution >= 0.6 is 0 Å². The molecule has 2 heterocycles. The number of nitrogens with one attached hydrogen (secondary N) is 1. The molecule has 9 nitrogen and oxygen atoms in total. The van der Waals surface area contributed by atoms with Crippen LogP contribution in [0.3, 0.4) is 0 Å². The second-order valence-corrected chi connectivity index (χ2v) is 11.3. The third kappa shape index (κ3) is 7.42. The highest BCUT2D eigenvalue weighted by Gasteiger charge is 2.20. The molecule has 0 fully saturated rings. The Morgan fingerprint density at radius 2 is 1.73 bits per heavy atom. The lowest BCUT2D eigenvalue weighted by molar-refractivity contribution is 0.0207. The van der Waals surface area contributed by atoms with Crippen molar-refractivity contribution in [2.24, 2.45) is 0 Å². The van der Waals surface area contributed by atoms with Crippen LogP contribution in [0, 0.1) is 6.92 Å². The zero-order chi connectivity index (χ0) is 29.7. The molecule has 0 aliphatic carbocycles. The van der Waals surface area contributed by atoms with Crippen LogP contribution in [-0.2, 0) is 17.7 Å². The number of aromatic nitrogens is 3. The number of nitrogens with zero attached hydrogens (tertiary/aromatic N) is 4. The molecule has 216 valence electrons. The highest BCUT2D eigenvalue weighted by molar-refractivity contribution is 5.91. The summed E-state index contributed by atoms with van der Waals surface area (Å²) in [5, 5.41) is 2.94. The van der Waals surface area contributed by atoms with Crippen molar-refractivity contribution >= 4 is 29.0 Å². The molecule has 4 aromatic rings. The number of urea groups is 1. The Morgan fingerprint density at radius 3 is 2.39 bits per heavy atom. The van der Waals surface area contributed by atoms with E-state index in [1.807, 2.05) is 43.3 Å². The molecule has 9 heteroatoms. The van der Waals surface area contributed by atoms with Gasteiger partial charge in [0, 0.05) is 32.6 Å². The van der Waals surface area contributed by atoms with Crippen molar-refractivity contribution in [3.05, 3.63) is 71.7 Å². The van der Waals surface area contributed by atoms with Crippen LogP contribution in [0.2, 0.25) is 0 Å². The lowest BCUT2D eigenvalue weighted by atomic mass is 10.0. The molecule has 0 saturated heterocycles. The maximum atomic E-state index is 12.3. The van der Waals surface area contributed by atoms with Crippen molar-refractivity contribution in [3.8, 4) is 16.9 Å². The molecule has 0 aliphatic rings. The first-order chi connectivity index (χ1) is 19.4. The molecular weight excluding hydrogens is 518 g/mol. The van der Waals surface area contributed by atoms with Crippen molar-refractivity contribution in [3.63, 3.8) is 0 Å². The number of ether oxygens (including phenoxy) is 2. The lowest BCUT2D eigenvalue weighted by Gasteiger charge is -2.19. The van der Waals surface area contributed by atoms with Crippen molar-refractivity contribution in [1.82, 2.24) is 19.4 Å². The third-order valence-corrected chi connectivity index (χ3v) is 6.49. The van der Waals surface area contributed by atoms with E-state index in [1.54, 1.807) is 40.9 Å². The van der Waals surface area contributed by atoms with E-state index in [9.17, 15) is 9.59 Å². The predicted octanol–water partition coefficient (Wildman–Crippen LogP) is 7.21. The smallest absolute Gasteiger partial charge is 0.428 e. The van der Waals surface area contributed by atoms with Gasteiger partial charge < -0.3 is 24.3 Å². The highest BCUT2D eigenvalue weighted by atomic mass is 16.7. The fraction of sp³-hybridized carbons (Fsp3) is 0.375. The molecule has 1 N–H and O–H groups in total. The minimum atomic E-state index is -0.738. The minimum Gasteiger partial charge on any atom is -0.428 e. The minimum absolute atomic E-state index is 0.210. The number of rotatable bonds is 8. The van der Waals surface area contributed by atoms with Crippen LogP contribution in [0.15, 0.2) is 54.6 Å². The first kappa shape index (κ1) is 29.6. The lowest BCUT2D eigenvalue weighted by Crippen LogP contribution is -2.27. The van der Waals surface area contributed by atoms with Crippen molar-refractivity contribution in [1.29, 1.82) is 0 Å². The molecule has 0 bridgehead atoms. The van der Waals surface area contributed by atoms with Crippen LogP contribution in [0.4, 0.5) is 15.3 Å². The van der Waals surface area contributed by atoms with Crippen molar-refractivity contribution in [2.75, 3.05) is 19.4 Å². The molecule has 0 aliphatic heterocycles. The van der Waals surface area contributed by atoms with Crippen LogP contribution in [0.5, 0.6) is 5.75 Å². The molecular formula is C32H39N5O4. The van der Waals surface area contributed by atoms with E-state index in [1.165, 1.54) is 4.90 Å². The molecule has 41 heavy (non-hydrogen) atoms. The number of imidazole rings is 1. The maximum Gasteiger partial charge on any atom is 0.514 e. The summed E-state index contributed by atoms with van der Waals surface area (Å²) in [4.78, 5) is 35.7. The maximum absolute atomic E-state index is 12.3. The number of hydrogen-bond acceptors (Lipinski definition) is 6. The van der Waals surface area contributed by atoms with Gasteiger partial charge in [-0.2, -0.15) is 0 Å². The van der Waals surface area contributed by atoms with Crippen LogP contribution in [0.25, 0.3) is 22.3 Å². The number of amides is 2. The summed E-state index contributed by atoms with van der Waals surface area (Å²) < 4.78 is 13.1. The molecule has 0 radical (unpaired) electrons. The molecule has 4 rings (SSSR count). The van der Waals surface area contributed by atoms with Gasteiger partial charge in [-0.15, -0.1) is 0 Å². The zero-order valence-corrected chi connectivity index (χ0v) is 24.9. The summed E-state index contributed by atoms with van der Waals surface area (Å²) in [7, 11) is 3.41. The van der Waals surface area contributed by atoms with E-state index in [4.69, 9.17) is 19.4 Å². The number of fused-ring (bicyclic) bond motifs is 1. The topological polar surface area (TPSA) is 98.6 Å². The Labute approximate surface area is 241 Å². The second-order valence-electron chi connectivity index (χ2n) is 11.3. The van der Waals surface area contributed by atoms with E-state index < -0.39 is 11.8 Å². The Bertz CT molecular complexity index is 1530. The van der Waals surface area contributed by atoms with Gasteiger partial charge in [-0.1, -0.05) is 55.8 Å². The van der Waals surface area contributed by atoms with E-state index in [-0.39, 0.29) is 6.03 Å². The summed E-state index contributed by atoms with van der Waals surface area (Å²) in [6.45, 7) is 10.0. The number of para-hydroxylation sites is 1. The fourth-order valence-corrected chi connectivity index (χ4v) is 4.37. The molecule has 0 spiro atoms. The number of unbranched alkanes of at least 4 members (excludes halogenated alkanes) is 1. The normalized spacial score (nSPS) is 11.4. The molecule has 2 amide bonds. The van der Waals surface area contributed by atoms with Gasteiger partial charge in [-0.25, -0.2) is 19.6 Å². The summed E-state index contributed by atoms with van der Waals surface area (Å²) in [5.41, 5.74) is 5.07. The monoisotopic (exact) mass is 557 g/mol. The number of anilines is 1. The molecule has 0 atom stereocenters. The number of benzene rings is 2. The van der Waals surface area contributed by atoms with E-state index in [0.29, 0.717) is 23.6 Å². The van der Waals surface area contributed by atoms with Gasteiger partial charge in [0.05, 0.1) is 16.9 Å². The van der Waals surface area contributed by atoms with Gasteiger partial charge in [0.1, 0.15) is 17.2 Å². The standard InChI is InChI=1S/C32H39N5O4/c1-8-9-14-28-35-29-26(19-25(21(2)33-29)34-30(38)36(6)7)37(28)20-22-15-17-23(18-16-22)24-12-10-11-13-27(24)40-31(39)41-32(3,4)5/h10-13,15-19H,8-9,14,20H2,1-7H3,(H,34,38). The summed E-state index contributed by atoms with van der Waals surface area (Å²) in [6.07, 6.45) is 2.16.